The van der Waals surface area contributed by atoms with E-state index in [1.807, 2.05) is 6.92 Å². The van der Waals surface area contributed by atoms with Crippen LogP contribution in [0.5, 0.6) is 5.75 Å². The van der Waals surface area contributed by atoms with E-state index in [1.165, 1.54) is 30.6 Å². The van der Waals surface area contributed by atoms with Crippen LogP contribution in [0.3, 0.4) is 0 Å². The number of alkyl halides is 2. The minimum atomic E-state index is -2.60. The van der Waals surface area contributed by atoms with Gasteiger partial charge in [-0.05, 0) is 49.6 Å². The first-order valence-electron chi connectivity index (χ1n) is 7.77. The number of benzene rings is 1. The number of nitrogens with one attached hydrogen (secondary N) is 1. The molecule has 1 amide bonds. The van der Waals surface area contributed by atoms with Crippen molar-refractivity contribution in [1.82, 2.24) is 10.3 Å². The lowest BCUT2D eigenvalue weighted by molar-refractivity contribution is 0.0816. The summed E-state index contributed by atoms with van der Waals surface area (Å²) in [5.74, 6) is -0.582. The summed E-state index contributed by atoms with van der Waals surface area (Å²) in [5.41, 5.74) is 1.96. The lowest BCUT2D eigenvalue weighted by Gasteiger charge is -2.16. The second-order valence-electron chi connectivity index (χ2n) is 5.76. The van der Waals surface area contributed by atoms with E-state index in [0.717, 1.165) is 11.1 Å². The van der Waals surface area contributed by atoms with Crippen molar-refractivity contribution in [1.29, 1.82) is 0 Å². The highest BCUT2D eigenvalue weighted by Crippen LogP contribution is 2.14. The maximum Gasteiger partial charge on any atom is 0.272 e. The lowest BCUT2D eigenvalue weighted by Crippen LogP contribution is -2.34. The van der Waals surface area contributed by atoms with E-state index in [2.05, 4.69) is 10.3 Å². The molecule has 0 saturated heterocycles. The summed E-state index contributed by atoms with van der Waals surface area (Å²) in [6, 6.07) is 5.67. The van der Waals surface area contributed by atoms with E-state index in [4.69, 9.17) is 4.74 Å². The molecule has 0 saturated carbocycles. The number of aromatic nitrogens is 1. The molecule has 0 spiro atoms. The Balaban J connectivity index is 1.97. The van der Waals surface area contributed by atoms with Crippen LogP contribution in [0.1, 0.15) is 28.4 Å². The number of rotatable bonds is 7. The van der Waals surface area contributed by atoms with Crippen LogP contribution in [0.15, 0.2) is 36.7 Å². The predicted octanol–water partition coefficient (Wildman–Crippen LogP) is 3.53. The SMILES string of the molecule is Cc1cc(F)ccc1CC(C)NC(=O)c1cncc(OCC(F)F)c1. The van der Waals surface area contributed by atoms with Gasteiger partial charge >= 0.3 is 0 Å². The third kappa shape index (κ3) is 5.77. The largest absolute Gasteiger partial charge is 0.486 e. The molecule has 0 aliphatic rings. The van der Waals surface area contributed by atoms with Gasteiger partial charge in [0.1, 0.15) is 18.2 Å². The minimum absolute atomic E-state index is 0.106. The van der Waals surface area contributed by atoms with Crippen molar-refractivity contribution in [3.8, 4) is 5.75 Å². The molecule has 1 N–H and O–H groups in total. The van der Waals surface area contributed by atoms with Crippen LogP contribution in [-0.2, 0) is 6.42 Å². The van der Waals surface area contributed by atoms with Gasteiger partial charge in [0.25, 0.3) is 12.3 Å². The molecule has 0 fully saturated rings. The van der Waals surface area contributed by atoms with Crippen LogP contribution < -0.4 is 10.1 Å². The average Bonchev–Trinajstić information content (AvgIpc) is 2.56. The Labute approximate surface area is 144 Å². The molecule has 0 bridgehead atoms. The zero-order valence-electron chi connectivity index (χ0n) is 13.9. The number of ether oxygens (including phenoxy) is 1. The van der Waals surface area contributed by atoms with E-state index in [1.54, 1.807) is 13.0 Å². The molecule has 1 heterocycles. The number of carbonyl (C=O) groups is 1. The van der Waals surface area contributed by atoms with Crippen molar-refractivity contribution in [2.45, 2.75) is 32.7 Å². The van der Waals surface area contributed by atoms with Crippen LogP contribution in [0.2, 0.25) is 0 Å². The molecule has 4 nitrogen and oxygen atoms in total. The van der Waals surface area contributed by atoms with Crippen LogP contribution in [0.4, 0.5) is 13.2 Å². The summed E-state index contributed by atoms with van der Waals surface area (Å²) in [5, 5.41) is 2.80. The molecule has 1 atom stereocenters. The Hall–Kier alpha value is -2.57. The maximum absolute atomic E-state index is 13.1. The third-order valence-corrected chi connectivity index (χ3v) is 3.56. The molecule has 25 heavy (non-hydrogen) atoms. The predicted molar refractivity (Wildman–Crippen MR) is 87.5 cm³/mol. The maximum atomic E-state index is 13.1. The number of pyridine rings is 1. The highest BCUT2D eigenvalue weighted by Gasteiger charge is 2.13. The molecule has 1 unspecified atom stereocenters. The zero-order valence-corrected chi connectivity index (χ0v) is 13.9. The molecular formula is C18H19F3N2O2. The topological polar surface area (TPSA) is 51.2 Å². The Morgan fingerprint density at radius 3 is 2.72 bits per heavy atom. The quantitative estimate of drug-likeness (QED) is 0.829. The highest BCUT2D eigenvalue weighted by molar-refractivity contribution is 5.94. The van der Waals surface area contributed by atoms with Crippen molar-refractivity contribution in [3.05, 3.63) is 59.2 Å². The second-order valence-corrected chi connectivity index (χ2v) is 5.76. The molecule has 0 aliphatic carbocycles. The van der Waals surface area contributed by atoms with E-state index in [9.17, 15) is 18.0 Å². The molecule has 7 heteroatoms. The monoisotopic (exact) mass is 352 g/mol. The average molecular weight is 352 g/mol. The fraction of sp³-hybridized carbons (Fsp3) is 0.333. The third-order valence-electron chi connectivity index (χ3n) is 3.56. The first-order valence-corrected chi connectivity index (χ1v) is 7.77. The molecule has 0 radical (unpaired) electrons. The summed E-state index contributed by atoms with van der Waals surface area (Å²) >= 11 is 0. The number of halogens is 3. The minimum Gasteiger partial charge on any atom is -0.486 e. The number of carbonyl (C=O) groups excluding carboxylic acids is 1. The van der Waals surface area contributed by atoms with Gasteiger partial charge in [0.2, 0.25) is 0 Å². The van der Waals surface area contributed by atoms with Crippen molar-refractivity contribution in [2.24, 2.45) is 0 Å². The number of nitrogens with zero attached hydrogens (tertiary/aromatic N) is 1. The van der Waals surface area contributed by atoms with Gasteiger partial charge in [-0.3, -0.25) is 9.78 Å². The molecule has 134 valence electrons. The highest BCUT2D eigenvalue weighted by atomic mass is 19.3. The summed E-state index contributed by atoms with van der Waals surface area (Å²) < 4.78 is 42.3. The number of aryl methyl sites for hydroxylation is 1. The first-order chi connectivity index (χ1) is 11.8. The summed E-state index contributed by atoms with van der Waals surface area (Å²) in [4.78, 5) is 16.1. The van der Waals surface area contributed by atoms with Gasteiger partial charge < -0.3 is 10.1 Å². The van der Waals surface area contributed by atoms with Crippen molar-refractivity contribution in [2.75, 3.05) is 6.61 Å². The van der Waals surface area contributed by atoms with Crippen LogP contribution in [0, 0.1) is 12.7 Å². The Kier molecular flexibility index (Phi) is 6.38. The van der Waals surface area contributed by atoms with Crippen molar-refractivity contribution < 1.29 is 22.7 Å². The van der Waals surface area contributed by atoms with Crippen LogP contribution in [-0.4, -0.2) is 30.0 Å². The van der Waals surface area contributed by atoms with Gasteiger partial charge in [-0.15, -0.1) is 0 Å². The van der Waals surface area contributed by atoms with Crippen molar-refractivity contribution >= 4 is 5.91 Å². The van der Waals surface area contributed by atoms with Crippen LogP contribution in [0.25, 0.3) is 0 Å². The fourth-order valence-corrected chi connectivity index (χ4v) is 2.36. The summed E-state index contributed by atoms with van der Waals surface area (Å²) in [7, 11) is 0. The van der Waals surface area contributed by atoms with Gasteiger partial charge in [0.15, 0.2) is 0 Å². The summed E-state index contributed by atoms with van der Waals surface area (Å²) in [6.45, 7) is 2.87. The van der Waals surface area contributed by atoms with E-state index in [-0.39, 0.29) is 29.1 Å². The molecular weight excluding hydrogens is 333 g/mol. The molecule has 2 rings (SSSR count). The Morgan fingerprint density at radius 1 is 1.28 bits per heavy atom. The molecule has 1 aromatic heterocycles. The fourth-order valence-electron chi connectivity index (χ4n) is 2.36. The normalized spacial score (nSPS) is 12.1. The van der Waals surface area contributed by atoms with Gasteiger partial charge in [-0.25, -0.2) is 13.2 Å². The summed E-state index contributed by atoms with van der Waals surface area (Å²) in [6.07, 6.45) is 0.536. The first kappa shape index (κ1) is 18.8. The Morgan fingerprint density at radius 2 is 2.04 bits per heavy atom. The van der Waals surface area contributed by atoms with Gasteiger partial charge in [-0.2, -0.15) is 0 Å². The second kappa shape index (κ2) is 8.50. The molecule has 0 aliphatic heterocycles. The number of amides is 1. The van der Waals surface area contributed by atoms with Gasteiger partial charge in [-0.1, -0.05) is 6.07 Å². The lowest BCUT2D eigenvalue weighted by atomic mass is 10.0. The van der Waals surface area contributed by atoms with E-state index < -0.39 is 13.0 Å². The van der Waals surface area contributed by atoms with Crippen molar-refractivity contribution in [3.63, 3.8) is 0 Å². The molecule has 1 aromatic carbocycles. The molecule has 2 aromatic rings. The van der Waals surface area contributed by atoms with Gasteiger partial charge in [0, 0.05) is 12.2 Å². The van der Waals surface area contributed by atoms with E-state index in [0.29, 0.717) is 6.42 Å². The standard InChI is InChI=1S/C18H19F3N2O2/c1-11-5-15(19)4-3-13(11)6-12(2)23-18(24)14-7-16(9-22-8-14)25-10-17(20)21/h3-5,7-9,12,17H,6,10H2,1-2H3,(H,23,24). The van der Waals surface area contributed by atoms with E-state index >= 15 is 0 Å². The Bertz CT molecular complexity index is 738. The number of hydrogen-bond acceptors (Lipinski definition) is 3. The van der Waals surface area contributed by atoms with Gasteiger partial charge in [0.05, 0.1) is 11.8 Å². The zero-order chi connectivity index (χ0) is 18.4. The smallest absolute Gasteiger partial charge is 0.272 e. The van der Waals surface area contributed by atoms with Crippen LogP contribution >= 0.6 is 0 Å². The number of hydrogen-bond donors (Lipinski definition) is 1.